The van der Waals surface area contributed by atoms with E-state index in [2.05, 4.69) is 5.32 Å². The Morgan fingerprint density at radius 1 is 1.07 bits per heavy atom. The van der Waals surface area contributed by atoms with Gasteiger partial charge in [-0.25, -0.2) is 0 Å². The normalized spacial score (nSPS) is 11.4. The van der Waals surface area contributed by atoms with Crippen molar-refractivity contribution in [2.45, 2.75) is 33.3 Å². The molecule has 6 heteroatoms. The zero-order valence-electron chi connectivity index (χ0n) is 15.7. The van der Waals surface area contributed by atoms with Crippen LogP contribution in [0.25, 0.3) is 0 Å². The molecule has 0 spiro atoms. The molecule has 0 fully saturated rings. The number of aryl methyl sites for hydroxylation is 1. The van der Waals surface area contributed by atoms with E-state index in [-0.39, 0.29) is 18.8 Å². The first kappa shape index (κ1) is 20.2. The van der Waals surface area contributed by atoms with Gasteiger partial charge in [0.15, 0.2) is 11.9 Å². The predicted octanol–water partition coefficient (Wildman–Crippen LogP) is 3.54. The van der Waals surface area contributed by atoms with Gasteiger partial charge in [0.1, 0.15) is 5.75 Å². The molecule has 6 nitrogen and oxygen atoms in total. The van der Waals surface area contributed by atoms with Gasteiger partial charge in [0.05, 0.1) is 13.0 Å². The zero-order chi connectivity index (χ0) is 19.8. The second-order valence-electron chi connectivity index (χ2n) is 6.17. The first-order valence-corrected chi connectivity index (χ1v) is 8.66. The Kier molecular flexibility index (Phi) is 7.11. The van der Waals surface area contributed by atoms with Crippen LogP contribution in [0.4, 0.5) is 5.69 Å². The summed E-state index contributed by atoms with van der Waals surface area (Å²) in [5.41, 5.74) is 2.08. The van der Waals surface area contributed by atoms with Gasteiger partial charge in [-0.15, -0.1) is 0 Å². The van der Waals surface area contributed by atoms with Gasteiger partial charge >= 0.3 is 5.97 Å². The lowest BCUT2D eigenvalue weighted by atomic mass is 10.1. The molecular weight excluding hydrogens is 346 g/mol. The number of benzene rings is 2. The fourth-order valence-electron chi connectivity index (χ4n) is 2.26. The van der Waals surface area contributed by atoms with Crippen LogP contribution in [-0.4, -0.2) is 30.4 Å². The summed E-state index contributed by atoms with van der Waals surface area (Å²) in [6, 6.07) is 14.1. The molecule has 2 rings (SSSR count). The number of nitrogens with one attached hydrogen (secondary N) is 1. The van der Waals surface area contributed by atoms with E-state index in [4.69, 9.17) is 9.47 Å². The van der Waals surface area contributed by atoms with Crippen LogP contribution in [0.1, 0.15) is 36.2 Å². The molecule has 0 aliphatic rings. The lowest BCUT2D eigenvalue weighted by Crippen LogP contribution is -2.30. The highest BCUT2D eigenvalue weighted by Crippen LogP contribution is 2.13. The second kappa shape index (κ2) is 9.52. The van der Waals surface area contributed by atoms with Crippen LogP contribution >= 0.6 is 0 Å². The average Bonchev–Trinajstić information content (AvgIpc) is 2.63. The van der Waals surface area contributed by atoms with E-state index in [1.807, 2.05) is 31.2 Å². The Morgan fingerprint density at radius 3 is 2.44 bits per heavy atom. The number of carbonyl (C=O) groups is 3. The van der Waals surface area contributed by atoms with Crippen molar-refractivity contribution in [1.82, 2.24) is 0 Å². The Morgan fingerprint density at radius 2 is 1.78 bits per heavy atom. The van der Waals surface area contributed by atoms with Gasteiger partial charge in [-0.1, -0.05) is 29.8 Å². The van der Waals surface area contributed by atoms with Crippen molar-refractivity contribution in [2.75, 3.05) is 11.9 Å². The Labute approximate surface area is 158 Å². The van der Waals surface area contributed by atoms with Crippen molar-refractivity contribution in [1.29, 1.82) is 0 Å². The lowest BCUT2D eigenvalue weighted by molar-refractivity contribution is -0.153. The standard InChI is InChI=1S/C21H23NO5/c1-14-7-9-19(10-8-14)26-12-11-20(24)27-16(3)21(25)22-18-6-4-5-17(13-18)15(2)23/h4-10,13,16H,11-12H2,1-3H3,(H,22,25)/t16-/m1/s1. The molecule has 1 N–H and O–H groups in total. The highest BCUT2D eigenvalue weighted by molar-refractivity contribution is 5.98. The number of hydrogen-bond donors (Lipinski definition) is 1. The zero-order valence-corrected chi connectivity index (χ0v) is 15.7. The summed E-state index contributed by atoms with van der Waals surface area (Å²) in [6.45, 7) is 5.08. The molecule has 0 saturated carbocycles. The molecule has 1 amide bonds. The molecule has 142 valence electrons. The van der Waals surface area contributed by atoms with Gasteiger partial charge in [0, 0.05) is 11.3 Å². The first-order chi connectivity index (χ1) is 12.8. The summed E-state index contributed by atoms with van der Waals surface area (Å²) >= 11 is 0. The summed E-state index contributed by atoms with van der Waals surface area (Å²) < 4.78 is 10.6. The Balaban J connectivity index is 1.77. The Hall–Kier alpha value is -3.15. The number of anilines is 1. The van der Waals surface area contributed by atoms with Gasteiger partial charge in [0.2, 0.25) is 0 Å². The number of Topliss-reactive ketones (excluding diaryl/α,β-unsaturated/α-hetero) is 1. The smallest absolute Gasteiger partial charge is 0.310 e. The number of amides is 1. The summed E-state index contributed by atoms with van der Waals surface area (Å²) in [7, 11) is 0. The molecule has 27 heavy (non-hydrogen) atoms. The van der Waals surface area contributed by atoms with E-state index in [1.54, 1.807) is 24.3 Å². The van der Waals surface area contributed by atoms with E-state index in [0.717, 1.165) is 5.56 Å². The third-order valence-corrected chi connectivity index (χ3v) is 3.81. The molecule has 2 aromatic carbocycles. The van der Waals surface area contributed by atoms with E-state index in [1.165, 1.54) is 13.8 Å². The summed E-state index contributed by atoms with van der Waals surface area (Å²) in [5.74, 6) is -0.422. The summed E-state index contributed by atoms with van der Waals surface area (Å²) in [4.78, 5) is 35.4. The highest BCUT2D eigenvalue weighted by atomic mass is 16.5. The van der Waals surface area contributed by atoms with Crippen molar-refractivity contribution in [2.24, 2.45) is 0 Å². The van der Waals surface area contributed by atoms with Crippen molar-refractivity contribution in [3.8, 4) is 5.75 Å². The van der Waals surface area contributed by atoms with Crippen LogP contribution in [-0.2, 0) is 14.3 Å². The minimum Gasteiger partial charge on any atom is -0.493 e. The van der Waals surface area contributed by atoms with E-state index in [9.17, 15) is 14.4 Å². The maximum absolute atomic E-state index is 12.2. The molecule has 0 bridgehead atoms. The van der Waals surface area contributed by atoms with Gasteiger partial charge < -0.3 is 14.8 Å². The number of ether oxygens (including phenoxy) is 2. The topological polar surface area (TPSA) is 81.7 Å². The van der Waals surface area contributed by atoms with Gasteiger partial charge in [0.25, 0.3) is 5.91 Å². The monoisotopic (exact) mass is 369 g/mol. The predicted molar refractivity (Wildman–Crippen MR) is 102 cm³/mol. The SMILES string of the molecule is CC(=O)c1cccc(NC(=O)[C@@H](C)OC(=O)CCOc2ccc(C)cc2)c1. The van der Waals surface area contributed by atoms with Crippen LogP contribution in [0.15, 0.2) is 48.5 Å². The van der Waals surface area contributed by atoms with Gasteiger partial charge in [-0.05, 0) is 45.0 Å². The van der Waals surface area contributed by atoms with Crippen LogP contribution in [0, 0.1) is 6.92 Å². The third-order valence-electron chi connectivity index (χ3n) is 3.81. The number of hydrogen-bond acceptors (Lipinski definition) is 5. The van der Waals surface area contributed by atoms with E-state index < -0.39 is 18.0 Å². The number of ketones is 1. The van der Waals surface area contributed by atoms with Gasteiger partial charge in [-0.3, -0.25) is 14.4 Å². The molecule has 0 aliphatic heterocycles. The number of carbonyl (C=O) groups excluding carboxylic acids is 3. The summed E-state index contributed by atoms with van der Waals surface area (Å²) in [5, 5.41) is 2.63. The van der Waals surface area contributed by atoms with Crippen molar-refractivity contribution in [3.63, 3.8) is 0 Å². The molecule has 2 aromatic rings. The maximum atomic E-state index is 12.2. The molecule has 0 aliphatic carbocycles. The van der Waals surface area contributed by atoms with Crippen LogP contribution < -0.4 is 10.1 Å². The molecule has 0 heterocycles. The van der Waals surface area contributed by atoms with Crippen LogP contribution in [0.5, 0.6) is 5.75 Å². The van der Waals surface area contributed by atoms with Gasteiger partial charge in [-0.2, -0.15) is 0 Å². The quantitative estimate of drug-likeness (QED) is 0.568. The van der Waals surface area contributed by atoms with Crippen molar-refractivity contribution in [3.05, 3.63) is 59.7 Å². The van der Waals surface area contributed by atoms with Crippen molar-refractivity contribution < 1.29 is 23.9 Å². The fraction of sp³-hybridized carbons (Fsp3) is 0.286. The third kappa shape index (κ3) is 6.58. The first-order valence-electron chi connectivity index (χ1n) is 8.66. The second-order valence-corrected chi connectivity index (χ2v) is 6.17. The molecular formula is C21H23NO5. The number of esters is 1. The molecule has 0 radical (unpaired) electrons. The minimum absolute atomic E-state index is 0.0331. The number of rotatable bonds is 8. The minimum atomic E-state index is -0.960. The average molecular weight is 369 g/mol. The van der Waals surface area contributed by atoms with Crippen LogP contribution in [0.2, 0.25) is 0 Å². The largest absolute Gasteiger partial charge is 0.493 e. The molecule has 0 unspecified atom stereocenters. The van der Waals surface area contributed by atoms with E-state index >= 15 is 0 Å². The summed E-state index contributed by atoms with van der Waals surface area (Å²) in [6.07, 6.45) is -0.927. The molecule has 0 saturated heterocycles. The van der Waals surface area contributed by atoms with E-state index in [0.29, 0.717) is 17.0 Å². The highest BCUT2D eigenvalue weighted by Gasteiger charge is 2.18. The molecule has 1 atom stereocenters. The fourth-order valence-corrected chi connectivity index (χ4v) is 2.26. The van der Waals surface area contributed by atoms with Crippen LogP contribution in [0.3, 0.4) is 0 Å². The maximum Gasteiger partial charge on any atom is 0.310 e. The lowest BCUT2D eigenvalue weighted by Gasteiger charge is -2.14. The van der Waals surface area contributed by atoms with Crippen molar-refractivity contribution >= 4 is 23.3 Å². The Bertz CT molecular complexity index is 814. The molecule has 0 aromatic heterocycles.